The molecule has 0 bridgehead atoms. The van der Waals surface area contributed by atoms with Crippen LogP contribution in [0, 0.1) is 27.3 Å². The molecule has 0 amide bonds. The molecule has 0 saturated heterocycles. The number of nitrogens with one attached hydrogen (secondary N) is 1. The average Bonchev–Trinajstić information content (AvgIpc) is 2.82. The number of hydrogen-bond acceptors (Lipinski definition) is 5. The topological polar surface area (TPSA) is 79.0 Å². The molecule has 5 nitrogen and oxygen atoms in total. The highest BCUT2D eigenvalue weighted by atomic mass is 32.1. The van der Waals surface area contributed by atoms with E-state index in [9.17, 15) is 14.5 Å². The molecule has 0 radical (unpaired) electrons. The largest absolute Gasteiger partial charge is 0.348 e. The van der Waals surface area contributed by atoms with E-state index in [-0.39, 0.29) is 11.4 Å². The van der Waals surface area contributed by atoms with Crippen LogP contribution in [0.2, 0.25) is 0 Å². The lowest BCUT2D eigenvalue weighted by molar-refractivity contribution is -0.384. The van der Waals surface area contributed by atoms with Gasteiger partial charge in [0.05, 0.1) is 22.2 Å². The number of nitro benzene ring substituents is 1. The van der Waals surface area contributed by atoms with Crippen molar-refractivity contribution in [3.8, 4) is 6.07 Å². The molecule has 0 fully saturated rings. The van der Waals surface area contributed by atoms with Crippen molar-refractivity contribution in [2.45, 2.75) is 13.3 Å². The summed E-state index contributed by atoms with van der Waals surface area (Å²) in [5.41, 5.74) is 0.770. The highest BCUT2D eigenvalue weighted by Gasteiger charge is 2.17. The highest BCUT2D eigenvalue weighted by Crippen LogP contribution is 2.33. The second kappa shape index (κ2) is 5.67. The molecule has 2 aromatic rings. The summed E-state index contributed by atoms with van der Waals surface area (Å²) in [4.78, 5) is 11.2. The third-order valence-electron chi connectivity index (χ3n) is 2.73. The Kier molecular flexibility index (Phi) is 3.96. The summed E-state index contributed by atoms with van der Waals surface area (Å²) in [7, 11) is 0. The van der Waals surface area contributed by atoms with Gasteiger partial charge >= 0.3 is 0 Å². The van der Waals surface area contributed by atoms with Gasteiger partial charge in [-0.05, 0) is 18.6 Å². The number of hydrogen-bond donors (Lipinski definition) is 1. The fourth-order valence-corrected chi connectivity index (χ4v) is 2.66. The summed E-state index contributed by atoms with van der Waals surface area (Å²) in [5.74, 6) is -0.678. The van der Waals surface area contributed by atoms with Gasteiger partial charge in [0, 0.05) is 10.3 Å². The van der Waals surface area contributed by atoms with Gasteiger partial charge in [-0.3, -0.25) is 10.1 Å². The Morgan fingerprint density at radius 1 is 1.50 bits per heavy atom. The number of benzene rings is 1. The van der Waals surface area contributed by atoms with Crippen molar-refractivity contribution in [3.63, 3.8) is 0 Å². The summed E-state index contributed by atoms with van der Waals surface area (Å²) in [6.45, 7) is 1.93. The van der Waals surface area contributed by atoms with Crippen molar-refractivity contribution in [2.24, 2.45) is 0 Å². The van der Waals surface area contributed by atoms with Crippen LogP contribution in [-0.4, -0.2) is 4.92 Å². The highest BCUT2D eigenvalue weighted by molar-refractivity contribution is 7.10. The van der Waals surface area contributed by atoms with Crippen molar-refractivity contribution in [2.75, 3.05) is 5.32 Å². The molecule has 0 aliphatic heterocycles. The number of halogens is 1. The van der Waals surface area contributed by atoms with E-state index >= 15 is 0 Å². The van der Waals surface area contributed by atoms with Crippen molar-refractivity contribution >= 4 is 28.4 Å². The molecule has 102 valence electrons. The molecule has 1 N–H and O–H groups in total. The van der Waals surface area contributed by atoms with Gasteiger partial charge in [0.25, 0.3) is 5.69 Å². The summed E-state index contributed by atoms with van der Waals surface area (Å²) < 4.78 is 13.1. The van der Waals surface area contributed by atoms with E-state index < -0.39 is 10.7 Å². The van der Waals surface area contributed by atoms with Crippen LogP contribution in [0.25, 0.3) is 0 Å². The standard InChI is InChI=1S/C13H10FN3O2S/c1-2-13-9(6-15)11(7-20-13)16-10-4-3-8(14)5-12(10)17(18)19/h3-5,7,16H,2H2,1H3. The van der Waals surface area contributed by atoms with Gasteiger partial charge in [0.2, 0.25) is 0 Å². The minimum atomic E-state index is -0.678. The fourth-order valence-electron chi connectivity index (χ4n) is 1.78. The lowest BCUT2D eigenvalue weighted by Gasteiger charge is -2.06. The van der Waals surface area contributed by atoms with Crippen molar-refractivity contribution < 1.29 is 9.31 Å². The van der Waals surface area contributed by atoms with Crippen LogP contribution in [0.3, 0.4) is 0 Å². The van der Waals surface area contributed by atoms with Gasteiger partial charge in [-0.25, -0.2) is 4.39 Å². The summed E-state index contributed by atoms with van der Waals surface area (Å²) in [6.07, 6.45) is 0.709. The molecule has 0 aliphatic rings. The van der Waals surface area contributed by atoms with Gasteiger partial charge in [-0.1, -0.05) is 6.92 Å². The van der Waals surface area contributed by atoms with Crippen molar-refractivity contribution in [1.29, 1.82) is 5.26 Å². The fraction of sp³-hybridized carbons (Fsp3) is 0.154. The van der Waals surface area contributed by atoms with Crippen molar-refractivity contribution in [1.82, 2.24) is 0 Å². The number of nitro groups is 1. The number of anilines is 2. The SMILES string of the molecule is CCc1scc(Nc2ccc(F)cc2[N+](=O)[O-])c1C#N. The zero-order valence-electron chi connectivity index (χ0n) is 10.5. The number of thiophene rings is 1. The third-order valence-corrected chi connectivity index (χ3v) is 3.86. The zero-order chi connectivity index (χ0) is 14.7. The molecule has 0 spiro atoms. The molecule has 1 heterocycles. The predicted octanol–water partition coefficient (Wildman–Crippen LogP) is 3.97. The van der Waals surface area contributed by atoms with E-state index in [4.69, 9.17) is 5.26 Å². The van der Waals surface area contributed by atoms with Gasteiger partial charge in [0.15, 0.2) is 0 Å². The Balaban J connectivity index is 2.43. The summed E-state index contributed by atoms with van der Waals surface area (Å²) in [6, 6.07) is 5.35. The van der Waals surface area contributed by atoms with Gasteiger partial charge in [-0.2, -0.15) is 5.26 Å². The van der Waals surface area contributed by atoms with Gasteiger partial charge < -0.3 is 5.32 Å². The number of rotatable bonds is 4. The maximum absolute atomic E-state index is 13.1. The van der Waals surface area contributed by atoms with Crippen LogP contribution in [0.5, 0.6) is 0 Å². The predicted molar refractivity (Wildman–Crippen MR) is 74.7 cm³/mol. The molecule has 2 rings (SSSR count). The molecular weight excluding hydrogens is 281 g/mol. The molecule has 1 aromatic heterocycles. The zero-order valence-corrected chi connectivity index (χ0v) is 11.3. The van der Waals surface area contributed by atoms with Crippen LogP contribution in [-0.2, 0) is 6.42 Å². The lowest BCUT2D eigenvalue weighted by Crippen LogP contribution is -1.98. The Labute approximate surface area is 118 Å². The first-order chi connectivity index (χ1) is 9.56. The smallest absolute Gasteiger partial charge is 0.295 e. The van der Waals surface area contributed by atoms with Gasteiger partial charge in [0.1, 0.15) is 17.6 Å². The molecule has 0 unspecified atom stereocenters. The monoisotopic (exact) mass is 291 g/mol. The van der Waals surface area contributed by atoms with Crippen LogP contribution in [0.4, 0.5) is 21.5 Å². The first-order valence-corrected chi connectivity index (χ1v) is 6.66. The maximum Gasteiger partial charge on any atom is 0.295 e. The first-order valence-electron chi connectivity index (χ1n) is 5.78. The Morgan fingerprint density at radius 3 is 2.85 bits per heavy atom. The van der Waals surface area contributed by atoms with E-state index in [1.165, 1.54) is 17.4 Å². The third kappa shape index (κ3) is 2.60. The number of nitriles is 1. The normalized spacial score (nSPS) is 10.1. The van der Waals surface area contributed by atoms with Crippen molar-refractivity contribution in [3.05, 3.63) is 50.0 Å². The molecule has 7 heteroatoms. The molecule has 0 saturated carbocycles. The minimum Gasteiger partial charge on any atom is -0.348 e. The second-order valence-electron chi connectivity index (χ2n) is 3.96. The van der Waals surface area contributed by atoms with E-state index in [0.717, 1.165) is 17.0 Å². The maximum atomic E-state index is 13.1. The van der Waals surface area contributed by atoms with E-state index in [0.29, 0.717) is 17.7 Å². The Hall–Kier alpha value is -2.46. The Morgan fingerprint density at radius 2 is 2.25 bits per heavy atom. The molecule has 1 aromatic carbocycles. The number of aryl methyl sites for hydroxylation is 1. The van der Waals surface area contributed by atoms with E-state index in [1.54, 1.807) is 5.38 Å². The molecule has 0 aliphatic carbocycles. The quantitative estimate of drug-likeness (QED) is 0.682. The average molecular weight is 291 g/mol. The lowest BCUT2D eigenvalue weighted by atomic mass is 10.2. The number of nitrogens with zero attached hydrogens (tertiary/aromatic N) is 2. The second-order valence-corrected chi connectivity index (χ2v) is 4.92. The van der Waals surface area contributed by atoms with E-state index in [1.807, 2.05) is 6.92 Å². The first kappa shape index (κ1) is 14.0. The molecule has 20 heavy (non-hydrogen) atoms. The summed E-state index contributed by atoms with van der Waals surface area (Å²) >= 11 is 1.41. The van der Waals surface area contributed by atoms with Crippen LogP contribution < -0.4 is 5.32 Å². The molecular formula is C13H10FN3O2S. The molecule has 0 atom stereocenters. The summed E-state index contributed by atoms with van der Waals surface area (Å²) in [5, 5.41) is 24.6. The van der Waals surface area contributed by atoms with Crippen LogP contribution in [0.15, 0.2) is 23.6 Å². The van der Waals surface area contributed by atoms with E-state index in [2.05, 4.69) is 11.4 Å². The van der Waals surface area contributed by atoms with Crippen LogP contribution in [0.1, 0.15) is 17.4 Å². The minimum absolute atomic E-state index is 0.161. The van der Waals surface area contributed by atoms with Crippen LogP contribution >= 0.6 is 11.3 Å². The Bertz CT molecular complexity index is 706. The van der Waals surface area contributed by atoms with Gasteiger partial charge in [-0.15, -0.1) is 11.3 Å².